The van der Waals surface area contributed by atoms with Crippen LogP contribution in [0.3, 0.4) is 0 Å². The third kappa shape index (κ3) is 2.64. The molecule has 1 aromatic carbocycles. The number of nitrogens with zero attached hydrogens (tertiary/aromatic N) is 2. The van der Waals surface area contributed by atoms with Crippen LogP contribution in [0.5, 0.6) is 0 Å². The molecule has 0 saturated heterocycles. The summed E-state index contributed by atoms with van der Waals surface area (Å²) in [4.78, 5) is 8.06. The molecule has 20 heavy (non-hydrogen) atoms. The highest BCUT2D eigenvalue weighted by molar-refractivity contribution is 7.94. The molecule has 0 unspecified atom stereocenters. The third-order valence-corrected chi connectivity index (χ3v) is 6.36. The highest BCUT2D eigenvalue weighted by Gasteiger charge is 2.18. The number of hydrogen-bond donors (Lipinski definition) is 1. The van der Waals surface area contributed by atoms with Crippen molar-refractivity contribution in [1.82, 2.24) is 9.97 Å². The van der Waals surface area contributed by atoms with Crippen LogP contribution in [0.25, 0.3) is 10.2 Å². The van der Waals surface area contributed by atoms with Gasteiger partial charge in [0, 0.05) is 0 Å². The predicted molar refractivity (Wildman–Crippen MR) is 82.3 cm³/mol. The average molecular weight is 346 g/mol. The summed E-state index contributed by atoms with van der Waals surface area (Å²) in [5.41, 5.74) is 1.35. The van der Waals surface area contributed by atoms with Crippen molar-refractivity contribution in [2.24, 2.45) is 0 Å². The second-order valence-corrected chi connectivity index (χ2v) is 8.71. The summed E-state index contributed by atoms with van der Waals surface area (Å²) in [7, 11) is -3.65. The van der Waals surface area contributed by atoms with Gasteiger partial charge in [0.1, 0.15) is 0 Å². The first-order chi connectivity index (χ1) is 9.44. The van der Waals surface area contributed by atoms with Crippen LogP contribution in [0.4, 0.5) is 5.69 Å². The summed E-state index contributed by atoms with van der Waals surface area (Å²) < 4.78 is 28.0. The third-order valence-electron chi connectivity index (χ3n) is 2.47. The summed E-state index contributed by atoms with van der Waals surface area (Å²) in [6, 6.07) is 5.23. The Hall–Kier alpha value is -1.22. The SMILES string of the molecule is Cc1nc2ccc(NS(=O)(=O)c3cnc(Cl)s3)cc2s1. The maximum atomic E-state index is 12.1. The van der Waals surface area contributed by atoms with E-state index in [9.17, 15) is 8.42 Å². The first kappa shape index (κ1) is 13.7. The smallest absolute Gasteiger partial charge is 0.273 e. The number of nitrogens with one attached hydrogen (secondary N) is 1. The van der Waals surface area contributed by atoms with Crippen molar-refractivity contribution in [3.8, 4) is 0 Å². The summed E-state index contributed by atoms with van der Waals surface area (Å²) in [6.45, 7) is 1.91. The number of benzene rings is 1. The zero-order valence-corrected chi connectivity index (χ0v) is 13.3. The van der Waals surface area contributed by atoms with Crippen LogP contribution in [0, 0.1) is 6.92 Å². The van der Waals surface area contributed by atoms with Crippen molar-refractivity contribution in [2.45, 2.75) is 11.1 Å². The first-order valence-electron chi connectivity index (χ1n) is 5.45. The van der Waals surface area contributed by atoms with Crippen LogP contribution in [-0.2, 0) is 10.0 Å². The van der Waals surface area contributed by atoms with Gasteiger partial charge >= 0.3 is 0 Å². The summed E-state index contributed by atoms with van der Waals surface area (Å²) in [5.74, 6) is 0. The minimum Gasteiger partial charge on any atom is -0.279 e. The second kappa shape index (κ2) is 4.96. The van der Waals surface area contributed by atoms with Crippen molar-refractivity contribution < 1.29 is 8.42 Å². The Morgan fingerprint density at radius 1 is 1.30 bits per heavy atom. The maximum absolute atomic E-state index is 12.1. The Labute approximate surface area is 128 Å². The number of fused-ring (bicyclic) bond motifs is 1. The molecule has 0 aliphatic heterocycles. The van der Waals surface area contributed by atoms with Crippen molar-refractivity contribution in [3.63, 3.8) is 0 Å². The van der Waals surface area contributed by atoms with Crippen molar-refractivity contribution >= 4 is 60.2 Å². The molecule has 0 spiro atoms. The van der Waals surface area contributed by atoms with E-state index in [4.69, 9.17) is 11.6 Å². The first-order valence-corrected chi connectivity index (χ1v) is 8.95. The molecule has 0 aliphatic rings. The monoisotopic (exact) mass is 345 g/mol. The van der Waals surface area contributed by atoms with E-state index in [1.807, 2.05) is 6.92 Å². The Kier molecular flexibility index (Phi) is 3.41. The van der Waals surface area contributed by atoms with E-state index in [2.05, 4.69) is 14.7 Å². The fraction of sp³-hybridized carbons (Fsp3) is 0.0909. The van der Waals surface area contributed by atoms with E-state index in [1.165, 1.54) is 17.5 Å². The molecule has 3 rings (SSSR count). The largest absolute Gasteiger partial charge is 0.279 e. The number of aryl methyl sites for hydroxylation is 1. The van der Waals surface area contributed by atoms with Gasteiger partial charge in [0.05, 0.1) is 27.1 Å². The van der Waals surface area contributed by atoms with E-state index in [0.717, 1.165) is 26.6 Å². The van der Waals surface area contributed by atoms with Crippen molar-refractivity contribution in [2.75, 3.05) is 4.72 Å². The number of halogens is 1. The number of hydrogen-bond acceptors (Lipinski definition) is 6. The fourth-order valence-electron chi connectivity index (χ4n) is 1.67. The minimum absolute atomic E-state index is 0.0862. The Morgan fingerprint density at radius 2 is 2.10 bits per heavy atom. The van der Waals surface area contributed by atoms with Gasteiger partial charge in [-0.3, -0.25) is 4.72 Å². The van der Waals surface area contributed by atoms with Crippen LogP contribution < -0.4 is 4.72 Å². The van der Waals surface area contributed by atoms with Gasteiger partial charge in [0.25, 0.3) is 10.0 Å². The maximum Gasteiger partial charge on any atom is 0.273 e. The van der Waals surface area contributed by atoms with Gasteiger partial charge in [-0.2, -0.15) is 0 Å². The number of rotatable bonds is 3. The van der Waals surface area contributed by atoms with E-state index < -0.39 is 10.0 Å². The molecule has 1 N–H and O–H groups in total. The second-order valence-electron chi connectivity index (χ2n) is 3.95. The predicted octanol–water partition coefficient (Wildman–Crippen LogP) is 3.52. The van der Waals surface area contributed by atoms with Crippen LogP contribution >= 0.6 is 34.3 Å². The molecular weight excluding hydrogens is 338 g/mol. The molecule has 0 fully saturated rings. The topological polar surface area (TPSA) is 72.0 Å². The molecule has 2 aromatic heterocycles. The lowest BCUT2D eigenvalue weighted by Gasteiger charge is -2.05. The van der Waals surface area contributed by atoms with Gasteiger partial charge in [0.2, 0.25) is 0 Å². The van der Waals surface area contributed by atoms with Crippen LogP contribution in [0.1, 0.15) is 5.01 Å². The van der Waals surface area contributed by atoms with E-state index in [-0.39, 0.29) is 8.68 Å². The molecule has 0 bridgehead atoms. The molecule has 3 aromatic rings. The van der Waals surface area contributed by atoms with E-state index in [1.54, 1.807) is 18.2 Å². The fourth-order valence-corrected chi connectivity index (χ4v) is 4.88. The van der Waals surface area contributed by atoms with E-state index >= 15 is 0 Å². The highest BCUT2D eigenvalue weighted by atomic mass is 35.5. The molecule has 5 nitrogen and oxygen atoms in total. The number of aromatic nitrogens is 2. The summed E-state index contributed by atoms with van der Waals surface area (Å²) >= 11 is 8.09. The van der Waals surface area contributed by atoms with Gasteiger partial charge in [-0.15, -0.1) is 11.3 Å². The molecule has 2 heterocycles. The normalized spacial score (nSPS) is 11.9. The van der Waals surface area contributed by atoms with Gasteiger partial charge in [0.15, 0.2) is 8.68 Å². The zero-order chi connectivity index (χ0) is 14.3. The van der Waals surface area contributed by atoms with Crippen molar-refractivity contribution in [1.29, 1.82) is 0 Å². The van der Waals surface area contributed by atoms with Crippen molar-refractivity contribution in [3.05, 3.63) is 33.9 Å². The summed E-state index contributed by atoms with van der Waals surface area (Å²) in [6.07, 6.45) is 1.24. The van der Waals surface area contributed by atoms with Crippen LogP contribution in [-0.4, -0.2) is 18.4 Å². The standard InChI is InChI=1S/C11H8ClN3O2S3/c1-6-14-8-3-2-7(4-9(8)18-6)15-20(16,17)10-5-13-11(12)19-10/h2-5,15H,1H3. The molecule has 104 valence electrons. The molecular formula is C11H8ClN3O2S3. The van der Waals surface area contributed by atoms with Gasteiger partial charge in [-0.25, -0.2) is 18.4 Å². The quantitative estimate of drug-likeness (QED) is 0.788. The Balaban J connectivity index is 1.96. The lowest BCUT2D eigenvalue weighted by molar-refractivity contribution is 0.603. The zero-order valence-electron chi connectivity index (χ0n) is 10.1. The molecule has 9 heteroatoms. The summed E-state index contributed by atoms with van der Waals surface area (Å²) in [5, 5.41) is 0.939. The number of sulfonamides is 1. The number of thiazole rings is 2. The molecule has 0 aliphatic carbocycles. The Morgan fingerprint density at radius 3 is 2.80 bits per heavy atom. The molecule has 0 atom stereocenters. The molecule has 0 saturated carbocycles. The number of anilines is 1. The highest BCUT2D eigenvalue weighted by Crippen LogP contribution is 2.28. The van der Waals surface area contributed by atoms with Crippen LogP contribution in [0.15, 0.2) is 28.6 Å². The Bertz CT molecular complexity index is 885. The van der Waals surface area contributed by atoms with Gasteiger partial charge < -0.3 is 0 Å². The van der Waals surface area contributed by atoms with Crippen LogP contribution in [0.2, 0.25) is 4.47 Å². The molecule has 0 radical (unpaired) electrons. The lowest BCUT2D eigenvalue weighted by atomic mass is 10.3. The molecule has 0 amide bonds. The van der Waals surface area contributed by atoms with Gasteiger partial charge in [-0.1, -0.05) is 22.9 Å². The minimum atomic E-state index is -3.65. The van der Waals surface area contributed by atoms with Gasteiger partial charge in [-0.05, 0) is 25.1 Å². The average Bonchev–Trinajstić information content (AvgIpc) is 2.93. The van der Waals surface area contributed by atoms with E-state index in [0.29, 0.717) is 5.69 Å². The lowest BCUT2D eigenvalue weighted by Crippen LogP contribution is -2.11.